The van der Waals surface area contributed by atoms with Gasteiger partial charge in [0.05, 0.1) is 6.20 Å². The molecule has 2 aromatic heterocycles. The summed E-state index contributed by atoms with van der Waals surface area (Å²) in [5.74, 6) is 3.18. The molecule has 2 rings (SSSR count). The quantitative estimate of drug-likeness (QED) is 0.611. The Kier molecular flexibility index (Phi) is 1.81. The van der Waals surface area contributed by atoms with Crippen molar-refractivity contribution in [2.75, 3.05) is 0 Å². The van der Waals surface area contributed by atoms with Crippen LogP contribution in [0.15, 0.2) is 35.5 Å². The van der Waals surface area contributed by atoms with E-state index in [1.807, 2.05) is 6.07 Å². The Balaban J connectivity index is 2.49. The van der Waals surface area contributed by atoms with Crippen LogP contribution in [0.4, 0.5) is 0 Å². The second kappa shape index (κ2) is 3.11. The molecule has 0 aromatic carbocycles. The maximum atomic E-state index is 5.24. The standard InChI is InChI=1S/C10H6N2O/c1-2-8-3-9(5-11-4-8)10-6-12-7-13-10/h1,3-7H. The van der Waals surface area contributed by atoms with Gasteiger partial charge in [-0.1, -0.05) is 5.92 Å². The molecular formula is C10H6N2O. The maximum absolute atomic E-state index is 5.24. The van der Waals surface area contributed by atoms with Gasteiger partial charge >= 0.3 is 0 Å². The van der Waals surface area contributed by atoms with E-state index in [1.165, 1.54) is 6.39 Å². The van der Waals surface area contributed by atoms with E-state index >= 15 is 0 Å². The molecule has 0 N–H and O–H groups in total. The van der Waals surface area contributed by atoms with Crippen LogP contribution in [0.3, 0.4) is 0 Å². The van der Waals surface area contributed by atoms with Gasteiger partial charge in [-0.3, -0.25) is 4.98 Å². The molecular weight excluding hydrogens is 164 g/mol. The second-order valence-electron chi connectivity index (χ2n) is 2.47. The number of nitrogens with zero attached hydrogens (tertiary/aromatic N) is 2. The molecule has 0 aliphatic heterocycles. The van der Waals surface area contributed by atoms with Gasteiger partial charge in [-0.25, -0.2) is 4.98 Å². The summed E-state index contributed by atoms with van der Waals surface area (Å²) in [5, 5.41) is 0. The zero-order chi connectivity index (χ0) is 9.10. The Morgan fingerprint density at radius 1 is 1.23 bits per heavy atom. The van der Waals surface area contributed by atoms with E-state index in [2.05, 4.69) is 15.9 Å². The zero-order valence-corrected chi connectivity index (χ0v) is 6.77. The molecule has 0 unspecified atom stereocenters. The van der Waals surface area contributed by atoms with Crippen LogP contribution < -0.4 is 0 Å². The first-order chi connectivity index (χ1) is 6.40. The normalized spacial score (nSPS) is 9.46. The fourth-order valence-corrected chi connectivity index (χ4v) is 1.01. The zero-order valence-electron chi connectivity index (χ0n) is 6.77. The van der Waals surface area contributed by atoms with Gasteiger partial charge in [-0.05, 0) is 6.07 Å². The molecule has 0 aliphatic carbocycles. The Hall–Kier alpha value is -2.08. The summed E-state index contributed by atoms with van der Waals surface area (Å²) in [6.45, 7) is 0. The van der Waals surface area contributed by atoms with Gasteiger partial charge in [0.25, 0.3) is 0 Å². The number of oxazole rings is 1. The van der Waals surface area contributed by atoms with Gasteiger partial charge in [-0.2, -0.15) is 0 Å². The van der Waals surface area contributed by atoms with Crippen molar-refractivity contribution in [1.82, 2.24) is 9.97 Å². The van der Waals surface area contributed by atoms with Crippen molar-refractivity contribution in [3.63, 3.8) is 0 Å². The molecule has 0 atom stereocenters. The fraction of sp³-hybridized carbons (Fsp3) is 0. The van der Waals surface area contributed by atoms with Gasteiger partial charge in [0.1, 0.15) is 0 Å². The van der Waals surface area contributed by atoms with Gasteiger partial charge in [-0.15, -0.1) is 6.42 Å². The van der Waals surface area contributed by atoms with Crippen molar-refractivity contribution in [3.8, 4) is 23.7 Å². The Bertz CT molecular complexity index is 440. The highest BCUT2D eigenvalue weighted by Crippen LogP contribution is 2.17. The van der Waals surface area contributed by atoms with Crippen molar-refractivity contribution in [3.05, 3.63) is 36.6 Å². The minimum atomic E-state index is 0.671. The molecule has 0 bridgehead atoms. The van der Waals surface area contributed by atoms with Crippen molar-refractivity contribution in [2.45, 2.75) is 0 Å². The Morgan fingerprint density at radius 3 is 2.85 bits per heavy atom. The molecule has 3 heteroatoms. The van der Waals surface area contributed by atoms with E-state index < -0.39 is 0 Å². The maximum Gasteiger partial charge on any atom is 0.181 e. The lowest BCUT2D eigenvalue weighted by Gasteiger charge is -1.94. The summed E-state index contributed by atoms with van der Waals surface area (Å²) in [5.41, 5.74) is 1.57. The third-order valence-corrected chi connectivity index (χ3v) is 1.62. The third kappa shape index (κ3) is 1.42. The van der Waals surface area contributed by atoms with Crippen LogP contribution in [0.25, 0.3) is 11.3 Å². The van der Waals surface area contributed by atoms with Crippen molar-refractivity contribution < 1.29 is 4.42 Å². The van der Waals surface area contributed by atoms with Crippen molar-refractivity contribution >= 4 is 0 Å². The molecule has 0 amide bonds. The highest BCUT2D eigenvalue weighted by atomic mass is 16.3. The van der Waals surface area contributed by atoms with Crippen molar-refractivity contribution in [1.29, 1.82) is 0 Å². The summed E-state index contributed by atoms with van der Waals surface area (Å²) in [4.78, 5) is 7.79. The van der Waals surface area contributed by atoms with Crippen LogP contribution in [0, 0.1) is 12.3 Å². The lowest BCUT2D eigenvalue weighted by molar-refractivity contribution is 0.571. The molecule has 2 aromatic rings. The van der Waals surface area contributed by atoms with E-state index in [1.54, 1.807) is 18.6 Å². The molecule has 0 spiro atoms. The average Bonchev–Trinajstić information content (AvgIpc) is 2.71. The highest BCUT2D eigenvalue weighted by molar-refractivity contribution is 5.57. The van der Waals surface area contributed by atoms with Gasteiger partial charge in [0, 0.05) is 23.5 Å². The number of hydrogen-bond donors (Lipinski definition) is 0. The first-order valence-corrected chi connectivity index (χ1v) is 3.70. The minimum Gasteiger partial charge on any atom is -0.443 e. The van der Waals surface area contributed by atoms with E-state index in [4.69, 9.17) is 10.8 Å². The number of rotatable bonds is 1. The largest absolute Gasteiger partial charge is 0.443 e. The monoisotopic (exact) mass is 170 g/mol. The smallest absolute Gasteiger partial charge is 0.181 e. The second-order valence-corrected chi connectivity index (χ2v) is 2.47. The first-order valence-electron chi connectivity index (χ1n) is 3.70. The number of hydrogen-bond acceptors (Lipinski definition) is 3. The topological polar surface area (TPSA) is 38.9 Å². The summed E-state index contributed by atoms with van der Waals surface area (Å²) in [7, 11) is 0. The predicted octanol–water partition coefficient (Wildman–Crippen LogP) is 1.72. The molecule has 62 valence electrons. The summed E-state index contributed by atoms with van der Waals surface area (Å²) in [6.07, 6.45) is 11.5. The van der Waals surface area contributed by atoms with E-state index in [0.29, 0.717) is 5.76 Å². The van der Waals surface area contributed by atoms with Crippen LogP contribution in [0.5, 0.6) is 0 Å². The summed E-state index contributed by atoms with van der Waals surface area (Å²) >= 11 is 0. The predicted molar refractivity (Wildman–Crippen MR) is 47.7 cm³/mol. The Labute approximate surface area is 75.5 Å². The third-order valence-electron chi connectivity index (χ3n) is 1.62. The Morgan fingerprint density at radius 2 is 2.15 bits per heavy atom. The molecule has 0 aliphatic rings. The first kappa shape index (κ1) is 7.56. The number of aromatic nitrogens is 2. The van der Waals surface area contributed by atoms with Crippen LogP contribution in [0.1, 0.15) is 5.56 Å². The lowest BCUT2D eigenvalue weighted by Crippen LogP contribution is -1.80. The number of pyridine rings is 1. The molecule has 2 heterocycles. The minimum absolute atomic E-state index is 0.671. The average molecular weight is 170 g/mol. The van der Waals surface area contributed by atoms with Crippen LogP contribution in [0.2, 0.25) is 0 Å². The van der Waals surface area contributed by atoms with E-state index in [9.17, 15) is 0 Å². The lowest BCUT2D eigenvalue weighted by atomic mass is 10.2. The molecule has 0 radical (unpaired) electrons. The van der Waals surface area contributed by atoms with E-state index in [-0.39, 0.29) is 0 Å². The van der Waals surface area contributed by atoms with Crippen molar-refractivity contribution in [2.24, 2.45) is 0 Å². The van der Waals surface area contributed by atoms with Crippen LogP contribution >= 0.6 is 0 Å². The molecule has 0 saturated carbocycles. The molecule has 0 fully saturated rings. The molecule has 13 heavy (non-hydrogen) atoms. The van der Waals surface area contributed by atoms with Gasteiger partial charge in [0.2, 0.25) is 0 Å². The SMILES string of the molecule is C#Cc1cncc(-c2cnco2)c1. The summed E-state index contributed by atoms with van der Waals surface area (Å²) in [6, 6.07) is 1.83. The summed E-state index contributed by atoms with van der Waals surface area (Å²) < 4.78 is 5.10. The van der Waals surface area contributed by atoms with Crippen LogP contribution in [-0.2, 0) is 0 Å². The highest BCUT2D eigenvalue weighted by Gasteiger charge is 2.01. The van der Waals surface area contributed by atoms with Crippen LogP contribution in [-0.4, -0.2) is 9.97 Å². The fourth-order valence-electron chi connectivity index (χ4n) is 1.01. The molecule has 3 nitrogen and oxygen atoms in total. The number of terminal acetylenes is 1. The van der Waals surface area contributed by atoms with Gasteiger partial charge < -0.3 is 4.42 Å². The van der Waals surface area contributed by atoms with E-state index in [0.717, 1.165) is 11.1 Å². The van der Waals surface area contributed by atoms with Gasteiger partial charge in [0.15, 0.2) is 12.2 Å². The molecule has 0 saturated heterocycles.